The van der Waals surface area contributed by atoms with Gasteiger partial charge in [-0.05, 0) is 37.3 Å². The second-order valence-electron chi connectivity index (χ2n) is 6.58. The molecule has 2 aromatic carbocycles. The molecule has 2 aromatic rings. The summed E-state index contributed by atoms with van der Waals surface area (Å²) in [6.45, 7) is 5.98. The molecule has 1 atom stereocenters. The van der Waals surface area contributed by atoms with Crippen molar-refractivity contribution in [3.8, 4) is 11.5 Å². The Morgan fingerprint density at radius 2 is 1.56 bits per heavy atom. The van der Waals surface area contributed by atoms with Crippen molar-refractivity contribution in [2.45, 2.75) is 52.4 Å². The fourth-order valence-corrected chi connectivity index (χ4v) is 3.17. The van der Waals surface area contributed by atoms with E-state index in [1.165, 1.54) is 25.7 Å². The van der Waals surface area contributed by atoms with E-state index in [2.05, 4.69) is 32.0 Å². The summed E-state index contributed by atoms with van der Waals surface area (Å²) < 4.78 is 12.2. The van der Waals surface area contributed by atoms with Crippen LogP contribution in [0.3, 0.4) is 0 Å². The van der Waals surface area contributed by atoms with Crippen LogP contribution >= 0.6 is 11.6 Å². The number of halogens is 1. The molecular weight excluding hydrogens is 332 g/mol. The van der Waals surface area contributed by atoms with Gasteiger partial charge < -0.3 is 9.47 Å². The van der Waals surface area contributed by atoms with Crippen molar-refractivity contribution in [2.75, 3.05) is 19.1 Å². The number of ether oxygens (including phenoxy) is 2. The van der Waals surface area contributed by atoms with E-state index in [1.807, 2.05) is 18.2 Å². The standard InChI is InChI=1S/C22H31ClO2/c1-3-5-10-18(4-2)17-25-22-14-13-21(24-16-9-8-15-23)19-11-6-7-12-20(19)22/h6-7,11-14,18H,3-5,8-10,15-17H2,1-2H3. The second-order valence-corrected chi connectivity index (χ2v) is 6.96. The largest absolute Gasteiger partial charge is 0.493 e. The minimum absolute atomic E-state index is 0.630. The summed E-state index contributed by atoms with van der Waals surface area (Å²) >= 11 is 5.73. The lowest BCUT2D eigenvalue weighted by molar-refractivity contribution is 0.235. The van der Waals surface area contributed by atoms with E-state index in [0.717, 1.165) is 41.7 Å². The number of fused-ring (bicyclic) bond motifs is 1. The lowest BCUT2D eigenvalue weighted by atomic mass is 10.0. The molecule has 25 heavy (non-hydrogen) atoms. The number of hydrogen-bond acceptors (Lipinski definition) is 2. The molecule has 0 spiro atoms. The third-order valence-electron chi connectivity index (χ3n) is 4.65. The maximum Gasteiger partial charge on any atom is 0.127 e. The minimum atomic E-state index is 0.630. The summed E-state index contributed by atoms with van der Waals surface area (Å²) in [6.07, 6.45) is 6.89. The molecule has 1 unspecified atom stereocenters. The van der Waals surface area contributed by atoms with Crippen LogP contribution in [0.2, 0.25) is 0 Å². The average molecular weight is 363 g/mol. The molecule has 2 nitrogen and oxygen atoms in total. The van der Waals surface area contributed by atoms with Gasteiger partial charge in [0.05, 0.1) is 13.2 Å². The van der Waals surface area contributed by atoms with E-state index < -0.39 is 0 Å². The van der Waals surface area contributed by atoms with E-state index in [1.54, 1.807) is 0 Å². The minimum Gasteiger partial charge on any atom is -0.493 e. The van der Waals surface area contributed by atoms with Gasteiger partial charge in [0, 0.05) is 16.7 Å². The smallest absolute Gasteiger partial charge is 0.127 e. The third-order valence-corrected chi connectivity index (χ3v) is 4.91. The predicted molar refractivity (Wildman–Crippen MR) is 108 cm³/mol. The lowest BCUT2D eigenvalue weighted by Crippen LogP contribution is -2.11. The zero-order valence-electron chi connectivity index (χ0n) is 15.6. The van der Waals surface area contributed by atoms with Crippen molar-refractivity contribution < 1.29 is 9.47 Å². The molecule has 138 valence electrons. The van der Waals surface area contributed by atoms with E-state index in [-0.39, 0.29) is 0 Å². The number of unbranched alkanes of at least 4 members (excludes halogenated alkanes) is 2. The number of rotatable bonds is 12. The average Bonchev–Trinajstić information content (AvgIpc) is 2.66. The van der Waals surface area contributed by atoms with Crippen LogP contribution in [0.1, 0.15) is 52.4 Å². The number of hydrogen-bond donors (Lipinski definition) is 0. The molecule has 2 rings (SSSR count). The van der Waals surface area contributed by atoms with Gasteiger partial charge in [-0.3, -0.25) is 0 Å². The Morgan fingerprint density at radius 1 is 0.880 bits per heavy atom. The Balaban J connectivity index is 2.08. The summed E-state index contributed by atoms with van der Waals surface area (Å²) in [5, 5.41) is 2.25. The molecule has 0 heterocycles. The monoisotopic (exact) mass is 362 g/mol. The molecular formula is C22H31ClO2. The van der Waals surface area contributed by atoms with Gasteiger partial charge in [0.1, 0.15) is 11.5 Å². The third kappa shape index (κ3) is 6.11. The Morgan fingerprint density at radius 3 is 2.16 bits per heavy atom. The van der Waals surface area contributed by atoms with Crippen LogP contribution in [0.15, 0.2) is 36.4 Å². The summed E-state index contributed by atoms with van der Waals surface area (Å²) in [7, 11) is 0. The zero-order valence-corrected chi connectivity index (χ0v) is 16.4. The first kappa shape index (κ1) is 19.9. The van der Waals surface area contributed by atoms with Crippen LogP contribution in [0, 0.1) is 5.92 Å². The lowest BCUT2D eigenvalue weighted by Gasteiger charge is -2.18. The summed E-state index contributed by atoms with van der Waals surface area (Å²) in [4.78, 5) is 0. The van der Waals surface area contributed by atoms with Gasteiger partial charge in [0.25, 0.3) is 0 Å². The Labute approximate surface area is 157 Å². The van der Waals surface area contributed by atoms with Crippen LogP contribution < -0.4 is 9.47 Å². The molecule has 0 amide bonds. The van der Waals surface area contributed by atoms with Crippen molar-refractivity contribution in [3.63, 3.8) is 0 Å². The van der Waals surface area contributed by atoms with Gasteiger partial charge in [-0.1, -0.05) is 57.4 Å². The Hall–Kier alpha value is -1.41. The first-order valence-corrected chi connectivity index (χ1v) is 10.2. The van der Waals surface area contributed by atoms with Crippen LogP contribution in [-0.4, -0.2) is 19.1 Å². The van der Waals surface area contributed by atoms with Gasteiger partial charge in [-0.2, -0.15) is 0 Å². The van der Waals surface area contributed by atoms with E-state index in [0.29, 0.717) is 18.4 Å². The molecule has 0 aliphatic rings. The first-order chi connectivity index (χ1) is 12.3. The second kappa shape index (κ2) is 11.3. The molecule has 0 aliphatic heterocycles. The Bertz CT molecular complexity index is 626. The van der Waals surface area contributed by atoms with Crippen molar-refractivity contribution in [1.29, 1.82) is 0 Å². The highest BCUT2D eigenvalue weighted by molar-refractivity contribution is 6.17. The van der Waals surface area contributed by atoms with Crippen LogP contribution in [-0.2, 0) is 0 Å². The summed E-state index contributed by atoms with van der Waals surface area (Å²) in [5.41, 5.74) is 0. The highest BCUT2D eigenvalue weighted by Gasteiger charge is 2.11. The maximum atomic E-state index is 6.19. The highest BCUT2D eigenvalue weighted by atomic mass is 35.5. The van der Waals surface area contributed by atoms with Crippen molar-refractivity contribution in [2.24, 2.45) is 5.92 Å². The van der Waals surface area contributed by atoms with E-state index in [4.69, 9.17) is 21.1 Å². The van der Waals surface area contributed by atoms with Crippen molar-refractivity contribution >= 4 is 22.4 Å². The fraction of sp³-hybridized carbons (Fsp3) is 0.545. The molecule has 0 fully saturated rings. The predicted octanol–water partition coefficient (Wildman–Crippen LogP) is 6.83. The van der Waals surface area contributed by atoms with Crippen LogP contribution in [0.25, 0.3) is 10.8 Å². The van der Waals surface area contributed by atoms with Gasteiger partial charge in [-0.15, -0.1) is 11.6 Å². The number of benzene rings is 2. The Kier molecular flexibility index (Phi) is 8.96. The molecule has 0 saturated carbocycles. The van der Waals surface area contributed by atoms with Crippen molar-refractivity contribution in [3.05, 3.63) is 36.4 Å². The summed E-state index contributed by atoms with van der Waals surface area (Å²) in [6, 6.07) is 12.4. The molecule has 0 aromatic heterocycles. The maximum absolute atomic E-state index is 6.19. The molecule has 0 aliphatic carbocycles. The fourth-order valence-electron chi connectivity index (χ4n) is 2.98. The van der Waals surface area contributed by atoms with Gasteiger partial charge in [0.15, 0.2) is 0 Å². The normalized spacial score (nSPS) is 12.3. The van der Waals surface area contributed by atoms with Crippen LogP contribution in [0.4, 0.5) is 0 Å². The molecule has 0 bridgehead atoms. The SMILES string of the molecule is CCCCC(CC)COc1ccc(OCCCCCl)c2ccccc12. The van der Waals surface area contributed by atoms with E-state index >= 15 is 0 Å². The topological polar surface area (TPSA) is 18.5 Å². The van der Waals surface area contributed by atoms with Crippen LogP contribution in [0.5, 0.6) is 11.5 Å². The highest BCUT2D eigenvalue weighted by Crippen LogP contribution is 2.33. The zero-order chi connectivity index (χ0) is 17.9. The molecule has 3 heteroatoms. The molecule has 0 N–H and O–H groups in total. The molecule has 0 saturated heterocycles. The summed E-state index contributed by atoms with van der Waals surface area (Å²) in [5.74, 6) is 3.20. The van der Waals surface area contributed by atoms with Gasteiger partial charge in [-0.25, -0.2) is 0 Å². The first-order valence-electron chi connectivity index (χ1n) is 9.63. The van der Waals surface area contributed by atoms with Gasteiger partial charge >= 0.3 is 0 Å². The van der Waals surface area contributed by atoms with Gasteiger partial charge in [0.2, 0.25) is 0 Å². The van der Waals surface area contributed by atoms with Crippen molar-refractivity contribution in [1.82, 2.24) is 0 Å². The number of alkyl halides is 1. The quantitative estimate of drug-likeness (QED) is 0.304. The molecule has 0 radical (unpaired) electrons. The van der Waals surface area contributed by atoms with E-state index in [9.17, 15) is 0 Å².